The van der Waals surface area contributed by atoms with Crippen LogP contribution in [0.4, 0.5) is 0 Å². The first kappa shape index (κ1) is 44.7. The van der Waals surface area contributed by atoms with Gasteiger partial charge in [-0.05, 0) is 117 Å². The third-order valence-corrected chi connectivity index (χ3v) is 17.0. The fraction of sp³-hybridized carbons (Fsp3) is 0.952. The summed E-state index contributed by atoms with van der Waals surface area (Å²) in [5, 5.41) is 107. The molecule has 0 radical (unpaired) electrons. The van der Waals surface area contributed by atoms with Gasteiger partial charge in [0.2, 0.25) is 0 Å². The summed E-state index contributed by atoms with van der Waals surface area (Å²) in [4.78, 5) is 0. The van der Waals surface area contributed by atoms with Crippen molar-refractivity contribution in [2.45, 2.75) is 192 Å². The van der Waals surface area contributed by atoms with Gasteiger partial charge in [0, 0.05) is 0 Å². The van der Waals surface area contributed by atoms with Crippen LogP contribution in [0.15, 0.2) is 12.2 Å². The van der Waals surface area contributed by atoms with Crippen molar-refractivity contribution >= 4 is 0 Å². The monoisotopic (exact) mass is 800 g/mol. The molecule has 21 atom stereocenters. The number of hydrogen-bond donors (Lipinski definition) is 10. The Morgan fingerprint density at radius 1 is 0.750 bits per heavy atom. The van der Waals surface area contributed by atoms with Gasteiger partial charge in [-0.1, -0.05) is 46.8 Å². The molecule has 2 heterocycles. The van der Waals surface area contributed by atoms with Gasteiger partial charge in [-0.15, -0.1) is 0 Å². The molecule has 14 heteroatoms. The lowest BCUT2D eigenvalue weighted by atomic mass is 9.35. The predicted octanol–water partition coefficient (Wildman–Crippen LogP) is 1.12. The topological polar surface area (TPSA) is 239 Å². The van der Waals surface area contributed by atoms with Crippen LogP contribution in [0.5, 0.6) is 0 Å². The molecule has 324 valence electrons. The summed E-state index contributed by atoms with van der Waals surface area (Å²) in [5.41, 5.74) is -1.53. The molecule has 14 nitrogen and oxygen atoms in total. The minimum Gasteiger partial charge on any atom is -0.394 e. The van der Waals surface area contributed by atoms with Crippen molar-refractivity contribution < 1.29 is 70.0 Å². The second kappa shape index (κ2) is 15.9. The summed E-state index contributed by atoms with van der Waals surface area (Å²) in [5.74, 6) is -0.0991. The molecule has 2 aliphatic heterocycles. The van der Waals surface area contributed by atoms with Crippen molar-refractivity contribution in [1.29, 1.82) is 0 Å². The highest BCUT2D eigenvalue weighted by molar-refractivity contribution is 5.20. The van der Waals surface area contributed by atoms with E-state index in [-0.39, 0.29) is 46.0 Å². The van der Waals surface area contributed by atoms with Crippen molar-refractivity contribution in [2.24, 2.45) is 45.3 Å². The maximum atomic E-state index is 12.5. The number of rotatable bonds is 11. The van der Waals surface area contributed by atoms with Crippen LogP contribution in [0.1, 0.15) is 106 Å². The molecule has 56 heavy (non-hydrogen) atoms. The normalized spacial score (nSPS) is 51.9. The van der Waals surface area contributed by atoms with Gasteiger partial charge in [-0.3, -0.25) is 0 Å². The maximum Gasteiger partial charge on any atom is 0.187 e. The molecule has 0 unspecified atom stereocenters. The first-order chi connectivity index (χ1) is 26.0. The zero-order valence-corrected chi connectivity index (χ0v) is 34.4. The van der Waals surface area contributed by atoms with E-state index in [0.29, 0.717) is 37.7 Å². The number of hydrogen-bond acceptors (Lipinski definition) is 14. The SMILES string of the molecule is C=C(C)[C@@H](O)CC[C@](C)(O[C@H]1O[C@H](CO)[C@@H](O)[C@H](O)[C@H]1O)[C@H]1CC[C@]2(C)[C@H]1[C@H](O)C[C@@H]1[C@]3(C)CC[C@@H](O[C@@H]4O[C@H](CO)[C@@H](O)[C@H](O)[C@H]4O)C(C)(C)[C@H]3CC[C@]12C. The smallest absolute Gasteiger partial charge is 0.187 e. The predicted molar refractivity (Wildman–Crippen MR) is 202 cm³/mol. The minimum atomic E-state index is -1.61. The molecule has 0 aromatic rings. The van der Waals surface area contributed by atoms with Crippen molar-refractivity contribution in [3.63, 3.8) is 0 Å². The summed E-state index contributed by atoms with van der Waals surface area (Å²) >= 11 is 0. The second-order valence-corrected chi connectivity index (χ2v) is 20.2. The van der Waals surface area contributed by atoms with Crippen molar-refractivity contribution in [3.8, 4) is 0 Å². The number of ether oxygens (including phenoxy) is 4. The Labute approximate surface area is 331 Å². The van der Waals surface area contributed by atoms with Crippen molar-refractivity contribution in [2.75, 3.05) is 13.2 Å². The van der Waals surface area contributed by atoms with Crippen LogP contribution in [0, 0.1) is 45.3 Å². The Morgan fingerprint density at radius 2 is 1.30 bits per heavy atom. The molecule has 6 aliphatic rings. The molecular weight excluding hydrogens is 728 g/mol. The van der Waals surface area contributed by atoms with Crippen molar-refractivity contribution in [3.05, 3.63) is 12.2 Å². The summed E-state index contributed by atoms with van der Waals surface area (Å²) in [6.07, 6.45) is -9.84. The Morgan fingerprint density at radius 3 is 1.88 bits per heavy atom. The molecule has 0 bridgehead atoms. The highest BCUT2D eigenvalue weighted by atomic mass is 16.7. The molecule has 10 N–H and O–H groups in total. The third kappa shape index (κ3) is 7.06. The van der Waals surface area contributed by atoms with Gasteiger partial charge >= 0.3 is 0 Å². The Balaban J connectivity index is 1.27. The van der Waals surface area contributed by atoms with Crippen LogP contribution in [0.25, 0.3) is 0 Å². The minimum absolute atomic E-state index is 0.152. The molecular formula is C42H72O14. The van der Waals surface area contributed by atoms with E-state index in [1.165, 1.54) is 0 Å². The van der Waals surface area contributed by atoms with Gasteiger partial charge in [0.15, 0.2) is 12.6 Å². The highest BCUT2D eigenvalue weighted by Crippen LogP contribution is 2.76. The molecule has 2 saturated heterocycles. The Bertz CT molecular complexity index is 1390. The van der Waals surface area contributed by atoms with Crippen LogP contribution < -0.4 is 0 Å². The van der Waals surface area contributed by atoms with Gasteiger partial charge in [0.25, 0.3) is 0 Å². The summed E-state index contributed by atoms with van der Waals surface area (Å²) < 4.78 is 24.8. The van der Waals surface area contributed by atoms with Crippen LogP contribution in [0.3, 0.4) is 0 Å². The lowest BCUT2D eigenvalue weighted by Crippen LogP contribution is -2.67. The summed E-state index contributed by atoms with van der Waals surface area (Å²) in [7, 11) is 0. The maximum absolute atomic E-state index is 12.5. The van der Waals surface area contributed by atoms with Crippen LogP contribution in [-0.4, -0.2) is 150 Å². The molecule has 6 rings (SSSR count). The number of fused-ring (bicyclic) bond motifs is 5. The number of aliphatic hydroxyl groups excluding tert-OH is 10. The van der Waals surface area contributed by atoms with E-state index < -0.39 is 97.8 Å². The summed E-state index contributed by atoms with van der Waals surface area (Å²) in [6.45, 7) is 17.9. The molecule has 0 aromatic carbocycles. The average Bonchev–Trinajstić information content (AvgIpc) is 3.53. The van der Waals surface area contributed by atoms with E-state index in [4.69, 9.17) is 18.9 Å². The zero-order valence-electron chi connectivity index (χ0n) is 34.4. The first-order valence-electron chi connectivity index (χ1n) is 21.0. The second-order valence-electron chi connectivity index (χ2n) is 20.2. The highest BCUT2D eigenvalue weighted by Gasteiger charge is 2.72. The van der Waals surface area contributed by atoms with E-state index in [0.717, 1.165) is 25.7 Å². The molecule has 4 saturated carbocycles. The van der Waals surface area contributed by atoms with E-state index in [1.54, 1.807) is 6.92 Å². The molecule has 0 amide bonds. The first-order valence-corrected chi connectivity index (χ1v) is 21.0. The van der Waals surface area contributed by atoms with Gasteiger partial charge in [0.05, 0.1) is 37.1 Å². The van der Waals surface area contributed by atoms with Crippen molar-refractivity contribution in [1.82, 2.24) is 0 Å². The Kier molecular flexibility index (Phi) is 12.7. The molecule has 0 aromatic heterocycles. The summed E-state index contributed by atoms with van der Waals surface area (Å²) in [6, 6.07) is 0. The molecule has 0 spiro atoms. The fourth-order valence-electron chi connectivity index (χ4n) is 13.4. The van der Waals surface area contributed by atoms with Crippen LogP contribution >= 0.6 is 0 Å². The van der Waals surface area contributed by atoms with Gasteiger partial charge in [0.1, 0.15) is 48.8 Å². The van der Waals surface area contributed by atoms with E-state index in [2.05, 4.69) is 41.2 Å². The van der Waals surface area contributed by atoms with E-state index >= 15 is 0 Å². The lowest BCUT2D eigenvalue weighted by molar-refractivity contribution is -0.338. The molecule has 6 fully saturated rings. The fourth-order valence-corrected chi connectivity index (χ4v) is 13.4. The van der Waals surface area contributed by atoms with Crippen LogP contribution in [0.2, 0.25) is 0 Å². The van der Waals surface area contributed by atoms with E-state index in [1.807, 2.05) is 6.92 Å². The van der Waals surface area contributed by atoms with Gasteiger partial charge in [-0.2, -0.15) is 0 Å². The Hall–Kier alpha value is -0.820. The zero-order chi connectivity index (χ0) is 41.5. The van der Waals surface area contributed by atoms with Crippen LogP contribution in [-0.2, 0) is 18.9 Å². The van der Waals surface area contributed by atoms with E-state index in [9.17, 15) is 51.1 Å². The molecule has 4 aliphatic carbocycles. The standard InChI is InChI=1S/C42H72O14/c1-20(2)22(45)10-16-42(8,56-37-35(52)33(50)31(48)25(19-44)54-37)21-9-14-41(7)29(21)23(46)17-27-39(5)13-12-28(38(3,4)26(39)11-15-40(27,41)6)55-36-34(51)32(49)30(47)24(18-43)53-36/h21-37,43-52H,1,9-19H2,2-8H3/t21-,22-,23+,24+,25+,26+,27+,28+,29+,30+,31+,32-,33-,34+,35+,36-,37+,39+,40+,41+,42-/m0/s1. The third-order valence-electron chi connectivity index (χ3n) is 17.0. The van der Waals surface area contributed by atoms with Gasteiger partial charge < -0.3 is 70.0 Å². The lowest BCUT2D eigenvalue weighted by Gasteiger charge is -2.71. The quantitative estimate of drug-likeness (QED) is 0.104. The van der Waals surface area contributed by atoms with Gasteiger partial charge in [-0.25, -0.2) is 0 Å². The number of aliphatic hydroxyl groups is 10. The average molecular weight is 801 g/mol. The largest absolute Gasteiger partial charge is 0.394 e.